The molecule has 0 heterocycles. The summed E-state index contributed by atoms with van der Waals surface area (Å²) in [5.41, 5.74) is 7.39. The van der Waals surface area contributed by atoms with E-state index in [0.29, 0.717) is 16.7 Å². The molecule has 4 heteroatoms. The summed E-state index contributed by atoms with van der Waals surface area (Å²) in [6.45, 7) is 6.96. The van der Waals surface area contributed by atoms with E-state index in [2.05, 4.69) is 6.58 Å². The van der Waals surface area contributed by atoms with Crippen LogP contribution >= 0.6 is 0 Å². The molecule has 0 saturated heterocycles. The Morgan fingerprint density at radius 2 is 1.62 bits per heavy atom. The summed E-state index contributed by atoms with van der Waals surface area (Å²) < 4.78 is 0. The van der Waals surface area contributed by atoms with Crippen molar-refractivity contribution in [2.45, 2.75) is 13.8 Å². The molecule has 0 bridgehead atoms. The van der Waals surface area contributed by atoms with Gasteiger partial charge >= 0.3 is 5.97 Å². The summed E-state index contributed by atoms with van der Waals surface area (Å²) in [6.07, 6.45) is 0. The number of primary amides is 1. The third-order valence-electron chi connectivity index (χ3n) is 2.42. The molecular weight excluding hydrogens is 206 g/mol. The van der Waals surface area contributed by atoms with Crippen LogP contribution in [0.5, 0.6) is 0 Å². The smallest absolute Gasteiger partial charge is 0.335 e. The van der Waals surface area contributed by atoms with Gasteiger partial charge in [-0.15, -0.1) is 0 Å². The van der Waals surface area contributed by atoms with Crippen LogP contribution in [0.25, 0.3) is 5.57 Å². The number of amides is 1. The van der Waals surface area contributed by atoms with Crippen LogP contribution < -0.4 is 5.73 Å². The lowest BCUT2D eigenvalue weighted by Gasteiger charge is -2.10. The molecule has 0 unspecified atom stereocenters. The lowest BCUT2D eigenvalue weighted by Crippen LogP contribution is -2.13. The third kappa shape index (κ3) is 2.11. The fourth-order valence-electron chi connectivity index (χ4n) is 1.50. The summed E-state index contributed by atoms with van der Waals surface area (Å²) >= 11 is 0. The molecule has 0 fully saturated rings. The van der Waals surface area contributed by atoms with Crippen LogP contribution in [0.15, 0.2) is 18.7 Å². The zero-order chi connectivity index (χ0) is 12.5. The minimum absolute atomic E-state index is 0.192. The molecule has 1 rings (SSSR count). The molecule has 1 aromatic carbocycles. The number of carboxylic acids is 1. The van der Waals surface area contributed by atoms with Gasteiger partial charge in [-0.25, -0.2) is 4.79 Å². The van der Waals surface area contributed by atoms with Crippen LogP contribution in [-0.2, 0) is 4.79 Å². The lowest BCUT2D eigenvalue weighted by atomic mass is 9.95. The van der Waals surface area contributed by atoms with Gasteiger partial charge in [0.05, 0.1) is 5.56 Å². The summed E-state index contributed by atoms with van der Waals surface area (Å²) in [6, 6.07) is 3.13. The number of nitrogens with two attached hydrogens (primary N) is 1. The SMILES string of the molecule is C=C(C(N)=O)c1cc(C)c(C(=O)O)cc1C. The highest BCUT2D eigenvalue weighted by Gasteiger charge is 2.13. The van der Waals surface area contributed by atoms with Gasteiger partial charge in [0.15, 0.2) is 0 Å². The van der Waals surface area contributed by atoms with E-state index in [1.165, 1.54) is 6.07 Å². The average Bonchev–Trinajstić information content (AvgIpc) is 2.19. The Morgan fingerprint density at radius 1 is 1.19 bits per heavy atom. The van der Waals surface area contributed by atoms with Crippen molar-refractivity contribution in [3.05, 3.63) is 41.0 Å². The lowest BCUT2D eigenvalue weighted by molar-refractivity contribution is -0.112. The second-order valence-electron chi connectivity index (χ2n) is 3.63. The van der Waals surface area contributed by atoms with E-state index in [0.717, 1.165) is 0 Å². The van der Waals surface area contributed by atoms with Crippen LogP contribution in [0.3, 0.4) is 0 Å². The second-order valence-corrected chi connectivity index (χ2v) is 3.63. The van der Waals surface area contributed by atoms with Gasteiger partial charge in [0.2, 0.25) is 5.91 Å². The number of carboxylic acid groups (broad SMARTS) is 1. The predicted octanol–water partition coefficient (Wildman–Crippen LogP) is 1.50. The van der Waals surface area contributed by atoms with E-state index >= 15 is 0 Å². The molecule has 0 aliphatic heterocycles. The molecule has 4 nitrogen and oxygen atoms in total. The maximum Gasteiger partial charge on any atom is 0.335 e. The maximum absolute atomic E-state index is 11.0. The van der Waals surface area contributed by atoms with Crippen molar-refractivity contribution in [2.24, 2.45) is 5.73 Å². The van der Waals surface area contributed by atoms with Crippen molar-refractivity contribution < 1.29 is 14.7 Å². The first kappa shape index (κ1) is 12.0. The molecule has 0 aliphatic carbocycles. The average molecular weight is 219 g/mol. The molecule has 3 N–H and O–H groups in total. The van der Waals surface area contributed by atoms with E-state index in [-0.39, 0.29) is 11.1 Å². The van der Waals surface area contributed by atoms with Crippen LogP contribution in [0.4, 0.5) is 0 Å². The summed E-state index contributed by atoms with van der Waals surface area (Å²) in [4.78, 5) is 21.9. The molecule has 0 saturated carbocycles. The van der Waals surface area contributed by atoms with Crippen molar-refractivity contribution in [2.75, 3.05) is 0 Å². The van der Waals surface area contributed by atoms with Crippen molar-refractivity contribution in [3.63, 3.8) is 0 Å². The Hall–Kier alpha value is -2.10. The molecule has 0 spiro atoms. The largest absolute Gasteiger partial charge is 0.478 e. The standard InChI is InChI=1S/C12H13NO3/c1-6-5-10(12(15)16)7(2)4-9(6)8(3)11(13)14/h4-5H,3H2,1-2H3,(H2,13,14)(H,15,16). The minimum Gasteiger partial charge on any atom is -0.478 e. The number of hydrogen-bond donors (Lipinski definition) is 2. The fraction of sp³-hybridized carbons (Fsp3) is 0.167. The Labute approximate surface area is 93.4 Å². The third-order valence-corrected chi connectivity index (χ3v) is 2.42. The number of aromatic carboxylic acids is 1. The molecular formula is C12H13NO3. The highest BCUT2D eigenvalue weighted by atomic mass is 16.4. The van der Waals surface area contributed by atoms with E-state index < -0.39 is 11.9 Å². The van der Waals surface area contributed by atoms with Crippen molar-refractivity contribution in [1.82, 2.24) is 0 Å². The highest BCUT2D eigenvalue weighted by molar-refractivity contribution is 6.18. The van der Waals surface area contributed by atoms with Crippen LogP contribution in [0, 0.1) is 13.8 Å². The first-order chi connectivity index (χ1) is 7.34. The normalized spacial score (nSPS) is 9.88. The topological polar surface area (TPSA) is 80.4 Å². The molecule has 16 heavy (non-hydrogen) atoms. The number of hydrogen-bond acceptors (Lipinski definition) is 2. The molecule has 1 aromatic rings. The minimum atomic E-state index is -0.989. The quantitative estimate of drug-likeness (QED) is 0.756. The molecule has 0 radical (unpaired) electrons. The van der Waals surface area contributed by atoms with Gasteiger partial charge in [-0.05, 0) is 36.6 Å². The maximum atomic E-state index is 11.0. The van der Waals surface area contributed by atoms with Gasteiger partial charge in [-0.2, -0.15) is 0 Å². The molecule has 0 aliphatic rings. The Bertz CT molecular complexity index is 489. The van der Waals surface area contributed by atoms with Gasteiger partial charge in [0, 0.05) is 5.57 Å². The second kappa shape index (κ2) is 4.18. The summed E-state index contributed by atoms with van der Waals surface area (Å²) in [5.74, 6) is -1.59. The van der Waals surface area contributed by atoms with E-state index in [4.69, 9.17) is 10.8 Å². The van der Waals surface area contributed by atoms with Crippen molar-refractivity contribution in [1.29, 1.82) is 0 Å². The van der Waals surface area contributed by atoms with E-state index in [1.807, 2.05) is 0 Å². The summed E-state index contributed by atoms with van der Waals surface area (Å²) in [7, 11) is 0. The van der Waals surface area contributed by atoms with Gasteiger partial charge in [0.1, 0.15) is 0 Å². The highest BCUT2D eigenvalue weighted by Crippen LogP contribution is 2.21. The van der Waals surface area contributed by atoms with Gasteiger partial charge in [0.25, 0.3) is 0 Å². The molecule has 84 valence electrons. The Morgan fingerprint density at radius 3 is 2.06 bits per heavy atom. The van der Waals surface area contributed by atoms with Crippen LogP contribution in [-0.4, -0.2) is 17.0 Å². The van der Waals surface area contributed by atoms with Crippen LogP contribution in [0.2, 0.25) is 0 Å². The van der Waals surface area contributed by atoms with E-state index in [1.54, 1.807) is 19.9 Å². The molecule has 1 amide bonds. The molecule has 0 atom stereocenters. The first-order valence-electron chi connectivity index (χ1n) is 4.68. The first-order valence-corrected chi connectivity index (χ1v) is 4.68. The number of benzene rings is 1. The Kier molecular flexibility index (Phi) is 3.13. The van der Waals surface area contributed by atoms with Crippen molar-refractivity contribution in [3.8, 4) is 0 Å². The zero-order valence-corrected chi connectivity index (χ0v) is 9.20. The van der Waals surface area contributed by atoms with Gasteiger partial charge < -0.3 is 10.8 Å². The van der Waals surface area contributed by atoms with Crippen molar-refractivity contribution >= 4 is 17.4 Å². The monoisotopic (exact) mass is 219 g/mol. The number of carbonyl (C=O) groups is 2. The van der Waals surface area contributed by atoms with Gasteiger partial charge in [-0.1, -0.05) is 12.6 Å². The summed E-state index contributed by atoms with van der Waals surface area (Å²) in [5, 5.41) is 8.91. The zero-order valence-electron chi connectivity index (χ0n) is 9.20. The number of aryl methyl sites for hydroxylation is 2. The predicted molar refractivity (Wildman–Crippen MR) is 61.1 cm³/mol. The number of carbonyl (C=O) groups excluding carboxylic acids is 1. The van der Waals surface area contributed by atoms with Crippen LogP contribution in [0.1, 0.15) is 27.0 Å². The fourth-order valence-corrected chi connectivity index (χ4v) is 1.50. The molecule has 0 aromatic heterocycles. The number of rotatable bonds is 3. The Balaban J connectivity index is 3.36. The van der Waals surface area contributed by atoms with Gasteiger partial charge in [-0.3, -0.25) is 4.79 Å². The van der Waals surface area contributed by atoms with E-state index in [9.17, 15) is 9.59 Å².